The number of primary amides is 1. The Labute approximate surface area is 267 Å². The summed E-state index contributed by atoms with van der Waals surface area (Å²) in [4.78, 5) is 41.3. The van der Waals surface area contributed by atoms with E-state index in [1.54, 1.807) is 18.7 Å². The molecule has 2 amide bonds. The number of benzene rings is 2. The number of nitrogens with two attached hydrogens (primary N) is 1. The van der Waals surface area contributed by atoms with Gasteiger partial charge >= 0.3 is 12.1 Å². The summed E-state index contributed by atoms with van der Waals surface area (Å²) in [5.74, 6) is -0.0374. The highest BCUT2D eigenvalue weighted by atomic mass is 16.6. The van der Waals surface area contributed by atoms with Crippen molar-refractivity contribution < 1.29 is 33.7 Å². The van der Waals surface area contributed by atoms with Crippen LogP contribution in [0.4, 0.5) is 10.5 Å². The van der Waals surface area contributed by atoms with Crippen molar-refractivity contribution >= 4 is 23.7 Å². The number of hydrogen-bond acceptors (Lipinski definition) is 7. The van der Waals surface area contributed by atoms with E-state index in [9.17, 15) is 19.5 Å². The van der Waals surface area contributed by atoms with Crippen LogP contribution in [0.25, 0.3) is 0 Å². The number of unbranched alkanes of at least 4 members (excludes halogenated alkanes) is 1. The molecule has 2 aromatic carbocycles. The maximum atomic E-state index is 13.3. The summed E-state index contributed by atoms with van der Waals surface area (Å²) in [5, 5.41) is 9.40. The molecule has 3 N–H and O–H groups in total. The number of anilines is 1. The number of hydrogen-bond donors (Lipinski definition) is 2. The van der Waals surface area contributed by atoms with Gasteiger partial charge in [0, 0.05) is 19.1 Å². The highest BCUT2D eigenvalue weighted by Gasteiger charge is 2.30. The number of carbonyl (C=O) groups excluding carboxylic acids is 2. The second-order valence-electron chi connectivity index (χ2n) is 13.4. The van der Waals surface area contributed by atoms with E-state index in [2.05, 4.69) is 11.0 Å². The third-order valence-corrected chi connectivity index (χ3v) is 7.97. The van der Waals surface area contributed by atoms with Gasteiger partial charge in [0.1, 0.15) is 12.2 Å². The number of carboxylic acids is 1. The lowest BCUT2D eigenvalue weighted by molar-refractivity contribution is -0.147. The van der Waals surface area contributed by atoms with Crippen molar-refractivity contribution in [3.05, 3.63) is 53.1 Å². The molecule has 0 aromatic heterocycles. The van der Waals surface area contributed by atoms with Crippen LogP contribution in [0.3, 0.4) is 0 Å². The van der Waals surface area contributed by atoms with Crippen molar-refractivity contribution in [3.63, 3.8) is 0 Å². The summed E-state index contributed by atoms with van der Waals surface area (Å²) in [7, 11) is 0. The standard InChI is InChI=1S/C35H51N3O7/c1-8-43-28-13-9-10-14-29(28)44-20-19-38(33(42)45-34(3,4)5)24(2)21-25-22-26-15-18-37(30(26)27(23-25)31(36)39)17-12-11-16-35(6,7)32(40)41/h9-10,13-14,22-24H,8,11-12,15-21H2,1-7H3,(H2,36,39)(H,40,41)/t24-/m1/s1. The van der Waals surface area contributed by atoms with Crippen molar-refractivity contribution in [3.8, 4) is 11.5 Å². The zero-order valence-electron chi connectivity index (χ0n) is 28.0. The Balaban J connectivity index is 1.75. The highest BCUT2D eigenvalue weighted by molar-refractivity contribution is 6.00. The molecule has 0 aliphatic carbocycles. The maximum Gasteiger partial charge on any atom is 0.410 e. The summed E-state index contributed by atoms with van der Waals surface area (Å²) < 4.78 is 17.4. The fraction of sp³-hybridized carbons (Fsp3) is 0.571. The summed E-state index contributed by atoms with van der Waals surface area (Å²) in [6.07, 6.45) is 3.00. The molecule has 10 heteroatoms. The number of ether oxygens (including phenoxy) is 3. The molecular formula is C35H51N3O7. The van der Waals surface area contributed by atoms with Crippen LogP contribution in [0.15, 0.2) is 36.4 Å². The molecule has 3 rings (SSSR count). The number of carboxylic acid groups (broad SMARTS) is 1. The number of nitrogens with zero attached hydrogens (tertiary/aromatic N) is 2. The molecule has 1 aliphatic rings. The smallest absolute Gasteiger partial charge is 0.410 e. The second kappa shape index (κ2) is 15.4. The lowest BCUT2D eigenvalue weighted by atomic mass is 9.87. The largest absolute Gasteiger partial charge is 0.490 e. The molecule has 2 aromatic rings. The molecule has 10 nitrogen and oxygen atoms in total. The van der Waals surface area contributed by atoms with Crippen LogP contribution in [0.1, 0.15) is 89.2 Å². The molecule has 1 atom stereocenters. The third-order valence-electron chi connectivity index (χ3n) is 7.97. The fourth-order valence-corrected chi connectivity index (χ4v) is 5.56. The van der Waals surface area contributed by atoms with Gasteiger partial charge in [0.2, 0.25) is 0 Å². The van der Waals surface area contributed by atoms with E-state index in [4.69, 9.17) is 19.9 Å². The quantitative estimate of drug-likeness (QED) is 0.215. The minimum absolute atomic E-state index is 0.239. The Hall–Kier alpha value is -3.95. The van der Waals surface area contributed by atoms with Gasteiger partial charge in [0.15, 0.2) is 11.5 Å². The van der Waals surface area contributed by atoms with Gasteiger partial charge in [-0.25, -0.2) is 4.79 Å². The lowest BCUT2D eigenvalue weighted by Gasteiger charge is -2.32. The normalized spacial score (nSPS) is 13.6. The fourth-order valence-electron chi connectivity index (χ4n) is 5.56. The number of amides is 2. The van der Waals surface area contributed by atoms with E-state index in [0.717, 1.165) is 49.2 Å². The molecule has 45 heavy (non-hydrogen) atoms. The Morgan fingerprint density at radius 3 is 2.31 bits per heavy atom. The van der Waals surface area contributed by atoms with Gasteiger partial charge in [-0.1, -0.05) is 24.6 Å². The van der Waals surface area contributed by atoms with E-state index in [1.165, 1.54) is 0 Å². The first-order valence-electron chi connectivity index (χ1n) is 15.9. The molecular weight excluding hydrogens is 574 g/mol. The maximum absolute atomic E-state index is 13.3. The van der Waals surface area contributed by atoms with E-state index in [-0.39, 0.29) is 19.2 Å². The molecule has 0 fully saturated rings. The third kappa shape index (κ3) is 10.0. The first-order valence-corrected chi connectivity index (χ1v) is 15.9. The molecule has 0 unspecified atom stereocenters. The van der Waals surface area contributed by atoms with Crippen molar-refractivity contribution in [1.82, 2.24) is 4.90 Å². The van der Waals surface area contributed by atoms with Crippen molar-refractivity contribution in [1.29, 1.82) is 0 Å². The van der Waals surface area contributed by atoms with Gasteiger partial charge in [-0.15, -0.1) is 0 Å². The molecule has 1 aliphatic heterocycles. The molecule has 0 saturated carbocycles. The number of para-hydroxylation sites is 2. The van der Waals surface area contributed by atoms with Crippen LogP contribution in [-0.4, -0.2) is 72.5 Å². The number of fused-ring (bicyclic) bond motifs is 1. The Morgan fingerprint density at radius 1 is 1.04 bits per heavy atom. The van der Waals surface area contributed by atoms with Crippen LogP contribution in [0.5, 0.6) is 11.5 Å². The topological polar surface area (TPSA) is 132 Å². The molecule has 0 bridgehead atoms. The zero-order valence-corrected chi connectivity index (χ0v) is 28.0. The van der Waals surface area contributed by atoms with E-state index in [1.807, 2.05) is 65.0 Å². The Kier molecular flexibility index (Phi) is 12.1. The predicted octanol–water partition coefficient (Wildman–Crippen LogP) is 6.07. The van der Waals surface area contributed by atoms with Gasteiger partial charge in [0.05, 0.1) is 29.8 Å². The first-order chi connectivity index (χ1) is 21.1. The van der Waals surface area contributed by atoms with Crippen molar-refractivity contribution in [2.75, 3.05) is 37.7 Å². The van der Waals surface area contributed by atoms with Gasteiger partial charge < -0.3 is 34.9 Å². The Bertz CT molecular complexity index is 1340. The van der Waals surface area contributed by atoms with Crippen LogP contribution < -0.4 is 20.1 Å². The Morgan fingerprint density at radius 2 is 1.71 bits per heavy atom. The average Bonchev–Trinajstić information content (AvgIpc) is 3.35. The van der Waals surface area contributed by atoms with Crippen molar-refractivity contribution in [2.24, 2.45) is 11.1 Å². The minimum Gasteiger partial charge on any atom is -0.490 e. The van der Waals surface area contributed by atoms with Crippen LogP contribution in [0, 0.1) is 5.41 Å². The monoisotopic (exact) mass is 625 g/mol. The lowest BCUT2D eigenvalue weighted by Crippen LogP contribution is -2.45. The number of aliphatic carboxylic acids is 1. The molecule has 1 heterocycles. The molecule has 0 saturated heterocycles. The summed E-state index contributed by atoms with van der Waals surface area (Å²) in [6, 6.07) is 11.1. The number of carbonyl (C=O) groups is 3. The van der Waals surface area contributed by atoms with Gasteiger partial charge in [-0.3, -0.25) is 9.59 Å². The second-order valence-corrected chi connectivity index (χ2v) is 13.4. The molecule has 0 radical (unpaired) electrons. The van der Waals surface area contributed by atoms with E-state index >= 15 is 0 Å². The van der Waals surface area contributed by atoms with Crippen LogP contribution >= 0.6 is 0 Å². The highest BCUT2D eigenvalue weighted by Crippen LogP contribution is 2.35. The number of rotatable bonds is 16. The van der Waals surface area contributed by atoms with Crippen molar-refractivity contribution in [2.45, 2.75) is 92.2 Å². The average molecular weight is 626 g/mol. The predicted molar refractivity (Wildman–Crippen MR) is 175 cm³/mol. The summed E-state index contributed by atoms with van der Waals surface area (Å²) >= 11 is 0. The van der Waals surface area contributed by atoms with E-state index < -0.39 is 29.0 Å². The molecule has 0 spiro atoms. The van der Waals surface area contributed by atoms with E-state index in [0.29, 0.717) is 36.5 Å². The van der Waals surface area contributed by atoms with Gasteiger partial charge in [0.25, 0.3) is 5.91 Å². The van der Waals surface area contributed by atoms with Gasteiger partial charge in [-0.2, -0.15) is 0 Å². The van der Waals surface area contributed by atoms with Crippen LogP contribution in [0.2, 0.25) is 0 Å². The first kappa shape index (κ1) is 35.5. The minimum atomic E-state index is -0.795. The SMILES string of the molecule is CCOc1ccccc1OCCN(C(=O)OC(C)(C)C)[C@H](C)Cc1cc2c(c(C(N)=O)c1)N(CCCCC(C)(C)C(=O)O)CC2. The van der Waals surface area contributed by atoms with Gasteiger partial charge in [-0.05, 0) is 103 Å². The van der Waals surface area contributed by atoms with Crippen LogP contribution in [-0.2, 0) is 22.4 Å². The summed E-state index contributed by atoms with van der Waals surface area (Å²) in [6.45, 7) is 15.4. The zero-order chi connectivity index (χ0) is 33.4. The molecule has 248 valence electrons. The summed E-state index contributed by atoms with van der Waals surface area (Å²) in [5.41, 5.74) is 7.75.